The molecule has 0 aliphatic heterocycles. The van der Waals surface area contributed by atoms with Crippen LogP contribution in [0.1, 0.15) is 64.6 Å². The number of hydrogen-bond donors (Lipinski definition) is 0. The second-order valence-electron chi connectivity index (χ2n) is 7.80. The first-order chi connectivity index (χ1) is 17.9. The van der Waals surface area contributed by atoms with Crippen LogP contribution >= 0.6 is 0 Å². The van der Waals surface area contributed by atoms with E-state index in [9.17, 15) is 0 Å². The summed E-state index contributed by atoms with van der Waals surface area (Å²) in [6, 6.07) is 9.38. The zero-order valence-corrected chi connectivity index (χ0v) is 23.4. The molecule has 4 aromatic rings. The first kappa shape index (κ1) is 29.5. The van der Waals surface area contributed by atoms with E-state index in [1.54, 1.807) is 14.2 Å². The van der Waals surface area contributed by atoms with Gasteiger partial charge >= 0.3 is 0 Å². The molecule has 0 saturated heterocycles. The van der Waals surface area contributed by atoms with Crippen molar-refractivity contribution in [3.63, 3.8) is 0 Å². The highest BCUT2D eigenvalue weighted by atomic mass is 16.5. The Morgan fingerprint density at radius 1 is 0.919 bits per heavy atom. The number of aromatic nitrogens is 5. The third kappa shape index (κ3) is 7.39. The highest BCUT2D eigenvalue weighted by molar-refractivity contribution is 5.63. The van der Waals surface area contributed by atoms with Gasteiger partial charge in [0.2, 0.25) is 5.82 Å². The van der Waals surface area contributed by atoms with Gasteiger partial charge in [0.25, 0.3) is 0 Å². The lowest BCUT2D eigenvalue weighted by Crippen LogP contribution is -2.07. The van der Waals surface area contributed by atoms with E-state index in [0.29, 0.717) is 35.5 Å². The molecule has 202 valence electrons. The summed E-state index contributed by atoms with van der Waals surface area (Å²) in [5.74, 6) is 4.91. The van der Waals surface area contributed by atoms with Crippen LogP contribution in [-0.4, -0.2) is 45.6 Å². The number of aryl methyl sites for hydroxylation is 3. The number of methoxy groups -OCH3 is 2. The van der Waals surface area contributed by atoms with Gasteiger partial charge in [-0.1, -0.05) is 26.8 Å². The molecule has 9 heteroatoms. The minimum atomic E-state index is 0. The van der Waals surface area contributed by atoms with Gasteiger partial charge < -0.3 is 18.6 Å². The Morgan fingerprint density at radius 3 is 2.03 bits per heavy atom. The quantitative estimate of drug-likeness (QED) is 0.258. The van der Waals surface area contributed by atoms with Gasteiger partial charge in [0.15, 0.2) is 11.6 Å². The molecule has 0 N–H and O–H groups in total. The number of hydrogen-bond acceptors (Lipinski definition) is 8. The molecule has 1 atom stereocenters. The van der Waals surface area contributed by atoms with Crippen LogP contribution in [0.4, 0.5) is 0 Å². The number of ether oxygens (including phenoxy) is 3. The predicted octanol–water partition coefficient (Wildman–Crippen LogP) is 6.71. The van der Waals surface area contributed by atoms with E-state index in [1.807, 2.05) is 88.8 Å². The molecule has 0 spiro atoms. The normalized spacial score (nSPS) is 11.1. The van der Waals surface area contributed by atoms with Crippen LogP contribution in [0, 0.1) is 20.8 Å². The smallest absolute Gasteiger partial charge is 0.204 e. The Labute approximate surface area is 221 Å². The number of furan rings is 1. The van der Waals surface area contributed by atoms with E-state index < -0.39 is 0 Å². The van der Waals surface area contributed by atoms with Crippen molar-refractivity contribution >= 4 is 0 Å². The Bertz CT molecular complexity index is 1200. The fourth-order valence-electron chi connectivity index (χ4n) is 3.54. The van der Waals surface area contributed by atoms with Gasteiger partial charge in [-0.3, -0.25) is 4.57 Å². The second-order valence-corrected chi connectivity index (χ2v) is 7.80. The fraction of sp³-hybridized carbons (Fsp3) is 0.429. The van der Waals surface area contributed by atoms with Crippen LogP contribution in [-0.2, 0) is 4.74 Å². The molecule has 0 aliphatic rings. The van der Waals surface area contributed by atoms with Gasteiger partial charge in [-0.15, -0.1) is 10.2 Å². The fourth-order valence-corrected chi connectivity index (χ4v) is 3.54. The van der Waals surface area contributed by atoms with Crippen LogP contribution in [0.15, 0.2) is 47.1 Å². The summed E-state index contributed by atoms with van der Waals surface area (Å²) in [6.45, 7) is 14.5. The molecule has 3 heterocycles. The van der Waals surface area contributed by atoms with Gasteiger partial charge in [0, 0.05) is 20.4 Å². The number of benzene rings is 1. The van der Waals surface area contributed by atoms with Crippen molar-refractivity contribution in [2.24, 2.45) is 0 Å². The van der Waals surface area contributed by atoms with Gasteiger partial charge in [-0.2, -0.15) is 0 Å². The summed E-state index contributed by atoms with van der Waals surface area (Å²) >= 11 is 0. The van der Waals surface area contributed by atoms with Crippen LogP contribution < -0.4 is 9.47 Å². The van der Waals surface area contributed by atoms with Crippen molar-refractivity contribution in [3.8, 4) is 28.8 Å². The maximum Gasteiger partial charge on any atom is 0.204 e. The molecule has 3 aromatic heterocycles. The third-order valence-corrected chi connectivity index (χ3v) is 5.24. The summed E-state index contributed by atoms with van der Waals surface area (Å²) in [6.07, 6.45) is 4.61. The van der Waals surface area contributed by atoms with Crippen LogP contribution in [0.25, 0.3) is 17.3 Å². The minimum absolute atomic E-state index is 0. The van der Waals surface area contributed by atoms with Gasteiger partial charge in [-0.05, 0) is 63.9 Å². The molecule has 4 rings (SSSR count). The summed E-state index contributed by atoms with van der Waals surface area (Å²) in [7, 11) is 3.24. The summed E-state index contributed by atoms with van der Waals surface area (Å²) in [4.78, 5) is 8.46. The second kappa shape index (κ2) is 14.7. The molecule has 0 bridgehead atoms. The highest BCUT2D eigenvalue weighted by Gasteiger charge is 2.21. The van der Waals surface area contributed by atoms with Crippen LogP contribution in [0.3, 0.4) is 0 Å². The average Bonchev–Trinajstić information content (AvgIpc) is 3.53. The van der Waals surface area contributed by atoms with Gasteiger partial charge in [-0.25, -0.2) is 9.97 Å². The predicted molar refractivity (Wildman–Crippen MR) is 147 cm³/mol. The maximum atomic E-state index is 5.69. The first-order valence-electron chi connectivity index (χ1n) is 12.5. The molecule has 0 fully saturated rings. The Morgan fingerprint density at radius 2 is 1.54 bits per heavy atom. The summed E-state index contributed by atoms with van der Waals surface area (Å²) < 4.78 is 24.0. The molecule has 1 aromatic carbocycles. The van der Waals surface area contributed by atoms with E-state index in [2.05, 4.69) is 27.1 Å². The molecule has 0 saturated carbocycles. The lowest BCUT2D eigenvalue weighted by Gasteiger charge is -2.15. The van der Waals surface area contributed by atoms with E-state index >= 15 is 0 Å². The SMILES string of the molecule is CC.CCO[C@@H](CC)c1ncc(C)cn1.COc1cccc(OC)c1-n1c(C)nnc1-c1ccc(C)o1.[HH]. The largest absolute Gasteiger partial charge is 0.494 e. The lowest BCUT2D eigenvalue weighted by atomic mass is 10.2. The van der Waals surface area contributed by atoms with Gasteiger partial charge in [0.05, 0.1) is 14.2 Å². The van der Waals surface area contributed by atoms with Crippen molar-refractivity contribution < 1.29 is 20.1 Å². The van der Waals surface area contributed by atoms with E-state index in [4.69, 9.17) is 18.6 Å². The molecule has 9 nitrogen and oxygen atoms in total. The van der Waals surface area contributed by atoms with Gasteiger partial charge in [0.1, 0.15) is 34.9 Å². The third-order valence-electron chi connectivity index (χ3n) is 5.24. The zero-order valence-electron chi connectivity index (χ0n) is 23.4. The van der Waals surface area contributed by atoms with E-state index in [-0.39, 0.29) is 7.53 Å². The Kier molecular flexibility index (Phi) is 11.8. The van der Waals surface area contributed by atoms with E-state index in [1.165, 1.54) is 0 Å². The molecule has 0 amide bonds. The Hall–Kier alpha value is -3.72. The first-order valence-corrected chi connectivity index (χ1v) is 12.5. The molecule has 37 heavy (non-hydrogen) atoms. The highest BCUT2D eigenvalue weighted by Crippen LogP contribution is 2.36. The standard InChI is InChI=1S/C16H17N3O3.C10H16N2O.C2H6.H2/c1-10-8-9-14(22-10)16-18-17-11(2)19(16)15-12(20-3)6-5-7-13(15)21-4;1-4-9(13-5-2)10-11-6-8(3)7-12-10;1-2;/h5-9H,1-4H3;6-7,9H,4-5H2,1-3H3;1-2H3;1H/t;9-;;/m.0../s1. The van der Waals surface area contributed by atoms with Crippen LogP contribution in [0.5, 0.6) is 11.5 Å². The minimum Gasteiger partial charge on any atom is -0.494 e. The van der Waals surface area contributed by atoms with Crippen LogP contribution in [0.2, 0.25) is 0 Å². The number of nitrogens with zero attached hydrogens (tertiary/aromatic N) is 5. The summed E-state index contributed by atoms with van der Waals surface area (Å²) in [5.41, 5.74) is 1.83. The van der Waals surface area contributed by atoms with Crippen molar-refractivity contribution in [2.75, 3.05) is 20.8 Å². The lowest BCUT2D eigenvalue weighted by molar-refractivity contribution is 0.0534. The maximum absolute atomic E-state index is 5.69. The van der Waals surface area contributed by atoms with Crippen molar-refractivity contribution in [1.29, 1.82) is 0 Å². The molecular formula is C28H41N5O4. The van der Waals surface area contributed by atoms with Crippen molar-refractivity contribution in [2.45, 2.75) is 61.0 Å². The monoisotopic (exact) mass is 511 g/mol. The average molecular weight is 512 g/mol. The molecule has 0 unspecified atom stereocenters. The molecule has 0 aliphatic carbocycles. The topological polar surface area (TPSA) is 97.3 Å². The number of para-hydroxylation sites is 1. The Balaban J connectivity index is 0.000000389. The van der Waals surface area contributed by atoms with Crippen molar-refractivity contribution in [1.82, 2.24) is 24.7 Å². The van der Waals surface area contributed by atoms with E-state index in [0.717, 1.165) is 29.3 Å². The summed E-state index contributed by atoms with van der Waals surface area (Å²) in [5, 5.41) is 8.41. The zero-order chi connectivity index (χ0) is 27.4. The van der Waals surface area contributed by atoms with Crippen molar-refractivity contribution in [3.05, 3.63) is 65.7 Å². The number of rotatable bonds is 8. The molecular weight excluding hydrogens is 470 g/mol. The molecule has 0 radical (unpaired) electrons.